The Morgan fingerprint density at radius 3 is 2.24 bits per heavy atom. The van der Waals surface area contributed by atoms with Crippen molar-refractivity contribution in [1.29, 1.82) is 10.8 Å². The Kier molecular flexibility index (Phi) is 2.76. The summed E-state index contributed by atoms with van der Waals surface area (Å²) >= 11 is 0. The van der Waals surface area contributed by atoms with Crippen LogP contribution in [0.1, 0.15) is 17.4 Å². The number of nitrogens with one attached hydrogen (secondary N) is 2. The highest BCUT2D eigenvalue weighted by atomic mass is 14.9. The molecule has 118 valence electrons. The number of fused-ring (bicyclic) bond motifs is 5. The summed E-state index contributed by atoms with van der Waals surface area (Å²) in [4.78, 5) is 18.6. The van der Waals surface area contributed by atoms with E-state index in [9.17, 15) is 0 Å². The molecule has 1 aliphatic heterocycles. The first-order valence-corrected chi connectivity index (χ1v) is 7.89. The van der Waals surface area contributed by atoms with Gasteiger partial charge in [0.1, 0.15) is 23.2 Å². The minimum Gasteiger partial charge on any atom is -0.296 e. The van der Waals surface area contributed by atoms with Gasteiger partial charge >= 0.3 is 0 Å². The van der Waals surface area contributed by atoms with Crippen LogP contribution in [0.2, 0.25) is 0 Å². The predicted octanol–water partition coefficient (Wildman–Crippen LogP) is 1.91. The number of benzene rings is 2. The topological polar surface area (TPSA) is 98.2 Å². The first kappa shape index (κ1) is 13.9. The van der Waals surface area contributed by atoms with E-state index in [1.165, 1.54) is 0 Å². The molecule has 1 aromatic heterocycles. The number of rotatable bonds is 0. The molecule has 1 aliphatic carbocycles. The molecule has 5 rings (SSSR count). The zero-order valence-corrected chi connectivity index (χ0v) is 13.1. The molecule has 3 aromatic rings. The molecule has 1 unspecified atom stereocenters. The Morgan fingerprint density at radius 1 is 0.760 bits per heavy atom. The lowest BCUT2D eigenvalue weighted by atomic mass is 10.1. The monoisotopic (exact) mass is 324 g/mol. The van der Waals surface area contributed by atoms with E-state index in [2.05, 4.69) is 9.98 Å². The van der Waals surface area contributed by atoms with Gasteiger partial charge in [-0.05, 0) is 30.3 Å². The molecule has 0 saturated heterocycles. The maximum absolute atomic E-state index is 8.43. The van der Waals surface area contributed by atoms with E-state index in [-0.39, 0.29) is 11.4 Å². The van der Waals surface area contributed by atoms with Gasteiger partial charge in [-0.2, -0.15) is 0 Å². The highest BCUT2D eigenvalue weighted by Crippen LogP contribution is 2.28. The first-order valence-electron chi connectivity index (χ1n) is 7.89. The van der Waals surface area contributed by atoms with Crippen molar-refractivity contribution in [2.75, 3.05) is 0 Å². The van der Waals surface area contributed by atoms with Crippen LogP contribution in [0.25, 0.3) is 11.0 Å². The largest absolute Gasteiger partial charge is 0.296 e. The van der Waals surface area contributed by atoms with Crippen molar-refractivity contribution in [3.8, 4) is 0 Å². The first-order chi connectivity index (χ1) is 12.2. The summed E-state index contributed by atoms with van der Waals surface area (Å²) in [6.45, 7) is 0. The molecule has 2 N–H and O–H groups in total. The molecule has 6 heteroatoms. The molecule has 2 bridgehead atoms. The fraction of sp³-hybridized carbons (Fsp3) is 0.0526. The second-order valence-electron chi connectivity index (χ2n) is 5.92. The summed E-state index contributed by atoms with van der Waals surface area (Å²) in [7, 11) is 0. The number of hydrogen-bond donors (Lipinski definition) is 2. The molecule has 0 spiro atoms. The molecule has 0 saturated carbocycles. The fourth-order valence-electron chi connectivity index (χ4n) is 3.10. The second-order valence-corrected chi connectivity index (χ2v) is 5.92. The lowest BCUT2D eigenvalue weighted by Gasteiger charge is -2.11. The molecule has 2 aromatic carbocycles. The molecule has 6 nitrogen and oxygen atoms in total. The minimum absolute atomic E-state index is 0.0281. The van der Waals surface area contributed by atoms with Crippen molar-refractivity contribution in [3.05, 3.63) is 82.4 Å². The molecule has 0 amide bonds. The Balaban J connectivity index is 1.89. The third kappa shape index (κ3) is 2.04. The highest BCUT2D eigenvalue weighted by molar-refractivity contribution is 6.51. The van der Waals surface area contributed by atoms with Gasteiger partial charge in [-0.25, -0.2) is 15.0 Å². The number of allylic oxidation sites excluding steroid dienone is 1. The molecular weight excluding hydrogens is 312 g/mol. The van der Waals surface area contributed by atoms with Gasteiger partial charge in [-0.15, -0.1) is 0 Å². The normalized spacial score (nSPS) is 18.2. The summed E-state index contributed by atoms with van der Waals surface area (Å²) < 4.78 is 0. The number of aromatic nitrogens is 2. The van der Waals surface area contributed by atoms with Crippen molar-refractivity contribution in [1.82, 2.24) is 9.97 Å². The smallest absolute Gasteiger partial charge is 0.116 e. The maximum Gasteiger partial charge on any atom is 0.116 e. The number of nitrogens with zero attached hydrogens (tertiary/aromatic N) is 4. The van der Waals surface area contributed by atoms with Crippen LogP contribution < -0.4 is 10.7 Å². The Hall–Kier alpha value is -3.54. The van der Waals surface area contributed by atoms with E-state index in [4.69, 9.17) is 20.8 Å². The van der Waals surface area contributed by atoms with E-state index in [0.29, 0.717) is 28.0 Å². The second kappa shape index (κ2) is 4.98. The van der Waals surface area contributed by atoms with Crippen molar-refractivity contribution in [2.45, 2.75) is 6.04 Å². The minimum atomic E-state index is -0.419. The maximum atomic E-state index is 8.43. The van der Waals surface area contributed by atoms with Crippen molar-refractivity contribution in [3.63, 3.8) is 0 Å². The van der Waals surface area contributed by atoms with E-state index in [1.54, 1.807) is 6.08 Å². The standard InChI is InChI=1S/C19H12N6/c20-16-14-9-15(23-11-6-2-1-5-10(11)22-14)18-19(17(16)21)25-13-8-4-3-7-12(13)24-18/h1-9,15,20-21H. The van der Waals surface area contributed by atoms with E-state index in [1.807, 2.05) is 48.5 Å². The molecule has 25 heavy (non-hydrogen) atoms. The van der Waals surface area contributed by atoms with Crippen LogP contribution in [-0.4, -0.2) is 21.4 Å². The molecular formula is C19H12N6. The summed E-state index contributed by atoms with van der Waals surface area (Å²) in [6.07, 6.45) is 1.80. The van der Waals surface area contributed by atoms with Gasteiger partial charge in [0.15, 0.2) is 0 Å². The van der Waals surface area contributed by atoms with Gasteiger partial charge in [0.05, 0.1) is 33.1 Å². The lowest BCUT2D eigenvalue weighted by molar-refractivity contribution is 0.829. The predicted molar refractivity (Wildman–Crippen MR) is 93.7 cm³/mol. The van der Waals surface area contributed by atoms with Crippen LogP contribution in [0.5, 0.6) is 0 Å². The molecule has 0 radical (unpaired) electrons. The Morgan fingerprint density at radius 2 is 1.44 bits per heavy atom. The van der Waals surface area contributed by atoms with E-state index in [0.717, 1.165) is 10.9 Å². The third-order valence-electron chi connectivity index (χ3n) is 4.34. The highest BCUT2D eigenvalue weighted by Gasteiger charge is 2.29. The summed E-state index contributed by atoms with van der Waals surface area (Å²) in [5.41, 5.74) is 2.96. The van der Waals surface area contributed by atoms with Crippen LogP contribution in [-0.2, 0) is 0 Å². The zero-order chi connectivity index (χ0) is 17.0. The zero-order valence-electron chi connectivity index (χ0n) is 13.1. The van der Waals surface area contributed by atoms with Gasteiger partial charge in [0.25, 0.3) is 0 Å². The van der Waals surface area contributed by atoms with E-state index >= 15 is 0 Å². The van der Waals surface area contributed by atoms with Crippen LogP contribution in [0.4, 0.5) is 0 Å². The van der Waals surface area contributed by atoms with Gasteiger partial charge in [0, 0.05) is 0 Å². The van der Waals surface area contributed by atoms with E-state index < -0.39 is 6.04 Å². The molecule has 2 heterocycles. The summed E-state index contributed by atoms with van der Waals surface area (Å²) in [5, 5.41) is 18.3. The van der Waals surface area contributed by atoms with Gasteiger partial charge in [-0.1, -0.05) is 24.3 Å². The van der Waals surface area contributed by atoms with Crippen molar-refractivity contribution < 1.29 is 0 Å². The summed E-state index contributed by atoms with van der Waals surface area (Å²) in [6, 6.07) is 14.7. The molecule has 0 fully saturated rings. The van der Waals surface area contributed by atoms with Gasteiger partial charge in [-0.3, -0.25) is 15.8 Å². The Bertz CT molecular complexity index is 1240. The average molecular weight is 324 g/mol. The van der Waals surface area contributed by atoms with Crippen LogP contribution in [0.15, 0.2) is 70.3 Å². The van der Waals surface area contributed by atoms with Crippen LogP contribution >= 0.6 is 0 Å². The van der Waals surface area contributed by atoms with Crippen LogP contribution in [0.3, 0.4) is 0 Å². The SMILES string of the molecule is N=C1C(=N)c2nc3ccccc3nc2C2C=C1N=c1ccccc1=N2. The third-order valence-corrected chi connectivity index (χ3v) is 4.34. The average Bonchev–Trinajstić information content (AvgIpc) is 2.89. The lowest BCUT2D eigenvalue weighted by Crippen LogP contribution is -2.27. The molecule has 1 atom stereocenters. The van der Waals surface area contributed by atoms with Gasteiger partial charge < -0.3 is 0 Å². The van der Waals surface area contributed by atoms with Crippen molar-refractivity contribution >= 4 is 22.5 Å². The Labute approximate surface area is 142 Å². The molecule has 2 aliphatic rings. The van der Waals surface area contributed by atoms with Crippen molar-refractivity contribution in [2.24, 2.45) is 9.98 Å². The number of hydrogen-bond acceptors (Lipinski definition) is 6. The number of para-hydroxylation sites is 4. The van der Waals surface area contributed by atoms with Crippen LogP contribution in [0, 0.1) is 10.8 Å². The summed E-state index contributed by atoms with van der Waals surface area (Å²) in [5.74, 6) is 0. The fourth-order valence-corrected chi connectivity index (χ4v) is 3.10. The quantitative estimate of drug-likeness (QED) is 0.660. The van der Waals surface area contributed by atoms with Gasteiger partial charge in [0.2, 0.25) is 0 Å².